The molecule has 27 heavy (non-hydrogen) atoms. The number of carboxylic acids is 1. The van der Waals surface area contributed by atoms with Crippen molar-refractivity contribution in [2.75, 3.05) is 11.9 Å². The zero-order valence-corrected chi connectivity index (χ0v) is 15.3. The van der Waals surface area contributed by atoms with Gasteiger partial charge in [-0.2, -0.15) is 0 Å². The molecule has 0 fully saturated rings. The van der Waals surface area contributed by atoms with Crippen LogP contribution in [0.15, 0.2) is 48.5 Å². The van der Waals surface area contributed by atoms with Crippen LogP contribution in [0.5, 0.6) is 0 Å². The minimum atomic E-state index is -1.08. The molecule has 2 aromatic carbocycles. The van der Waals surface area contributed by atoms with Crippen LogP contribution >= 0.6 is 0 Å². The molecule has 142 valence electrons. The second-order valence-corrected chi connectivity index (χ2v) is 6.43. The van der Waals surface area contributed by atoms with Crippen molar-refractivity contribution in [1.82, 2.24) is 5.32 Å². The minimum Gasteiger partial charge on any atom is -0.480 e. The molecule has 2 rings (SSSR count). The largest absolute Gasteiger partial charge is 0.480 e. The van der Waals surface area contributed by atoms with Crippen molar-refractivity contribution in [3.8, 4) is 0 Å². The lowest BCUT2D eigenvalue weighted by molar-refractivity contribution is -0.137. The fourth-order valence-corrected chi connectivity index (χ4v) is 2.56. The van der Waals surface area contributed by atoms with Gasteiger partial charge >= 0.3 is 5.97 Å². The van der Waals surface area contributed by atoms with Gasteiger partial charge < -0.3 is 15.7 Å². The summed E-state index contributed by atoms with van der Waals surface area (Å²) in [5.41, 5.74) is 3.86. The lowest BCUT2D eigenvalue weighted by atomic mass is 10.1. The van der Waals surface area contributed by atoms with Crippen LogP contribution in [0.4, 0.5) is 5.69 Å². The third-order valence-corrected chi connectivity index (χ3v) is 4.03. The van der Waals surface area contributed by atoms with Gasteiger partial charge in [0.1, 0.15) is 6.54 Å². The van der Waals surface area contributed by atoms with Crippen molar-refractivity contribution in [1.29, 1.82) is 0 Å². The number of aryl methyl sites for hydroxylation is 2. The van der Waals surface area contributed by atoms with E-state index < -0.39 is 12.5 Å². The lowest BCUT2D eigenvalue weighted by Crippen LogP contribution is -2.30. The summed E-state index contributed by atoms with van der Waals surface area (Å²) in [5, 5.41) is 13.7. The van der Waals surface area contributed by atoms with E-state index in [0.717, 1.165) is 18.4 Å². The smallest absolute Gasteiger partial charge is 0.322 e. The Kier molecular flexibility index (Phi) is 7.55. The first kappa shape index (κ1) is 20.2. The SMILES string of the molecule is Cc1ccc(CCCC(=O)Nc2ccc(CC(=O)NCC(=O)O)cc2)cc1. The second kappa shape index (κ2) is 10.1. The average molecular weight is 368 g/mol. The van der Waals surface area contributed by atoms with Crippen molar-refractivity contribution in [2.45, 2.75) is 32.6 Å². The first-order chi connectivity index (χ1) is 12.9. The van der Waals surface area contributed by atoms with E-state index in [1.54, 1.807) is 24.3 Å². The number of nitrogens with one attached hydrogen (secondary N) is 2. The molecule has 2 aromatic rings. The summed E-state index contributed by atoms with van der Waals surface area (Å²) in [6.45, 7) is 1.65. The molecule has 2 amide bonds. The second-order valence-electron chi connectivity index (χ2n) is 6.43. The molecular formula is C21H24N2O4. The number of hydrogen-bond donors (Lipinski definition) is 3. The zero-order chi connectivity index (χ0) is 19.6. The number of hydrogen-bond acceptors (Lipinski definition) is 3. The van der Waals surface area contributed by atoms with Gasteiger partial charge in [-0.05, 0) is 43.0 Å². The van der Waals surface area contributed by atoms with Crippen LogP contribution < -0.4 is 10.6 Å². The Morgan fingerprint density at radius 2 is 1.52 bits per heavy atom. The van der Waals surface area contributed by atoms with Crippen molar-refractivity contribution in [2.24, 2.45) is 0 Å². The highest BCUT2D eigenvalue weighted by molar-refractivity contribution is 5.90. The van der Waals surface area contributed by atoms with E-state index in [4.69, 9.17) is 5.11 Å². The number of anilines is 1. The average Bonchev–Trinajstić information content (AvgIpc) is 2.63. The molecule has 0 aliphatic rings. The normalized spacial score (nSPS) is 10.3. The summed E-state index contributed by atoms with van der Waals surface area (Å²) < 4.78 is 0. The third-order valence-electron chi connectivity index (χ3n) is 4.03. The van der Waals surface area contributed by atoms with Gasteiger partial charge in [-0.25, -0.2) is 0 Å². The molecule has 0 aliphatic carbocycles. The quantitative estimate of drug-likeness (QED) is 0.634. The van der Waals surface area contributed by atoms with E-state index in [9.17, 15) is 14.4 Å². The lowest BCUT2D eigenvalue weighted by Gasteiger charge is -2.07. The highest BCUT2D eigenvalue weighted by atomic mass is 16.4. The Bertz CT molecular complexity index is 783. The van der Waals surface area contributed by atoms with Gasteiger partial charge in [-0.1, -0.05) is 42.0 Å². The summed E-state index contributed by atoms with van der Waals surface area (Å²) in [6, 6.07) is 15.2. The fraction of sp³-hybridized carbons (Fsp3) is 0.286. The van der Waals surface area contributed by atoms with Gasteiger partial charge in [0.25, 0.3) is 0 Å². The van der Waals surface area contributed by atoms with E-state index >= 15 is 0 Å². The number of benzene rings is 2. The number of aliphatic carboxylic acids is 1. The molecular weight excluding hydrogens is 344 g/mol. The number of carbonyl (C=O) groups excluding carboxylic acids is 2. The minimum absolute atomic E-state index is 0.0472. The van der Waals surface area contributed by atoms with Gasteiger partial charge in [0.05, 0.1) is 6.42 Å². The summed E-state index contributed by atoms with van der Waals surface area (Å²) in [4.78, 5) is 34.0. The molecule has 0 aromatic heterocycles. The van der Waals surface area contributed by atoms with Gasteiger partial charge in [0, 0.05) is 12.1 Å². The van der Waals surface area contributed by atoms with Gasteiger partial charge in [0.15, 0.2) is 0 Å². The number of amides is 2. The van der Waals surface area contributed by atoms with Crippen LogP contribution in [0.1, 0.15) is 29.5 Å². The molecule has 6 nitrogen and oxygen atoms in total. The molecule has 0 radical (unpaired) electrons. The highest BCUT2D eigenvalue weighted by Gasteiger charge is 2.07. The van der Waals surface area contributed by atoms with Crippen LogP contribution in [-0.2, 0) is 27.2 Å². The predicted molar refractivity (Wildman–Crippen MR) is 104 cm³/mol. The molecule has 0 saturated carbocycles. The summed E-state index contributed by atoms with van der Waals surface area (Å²) >= 11 is 0. The fourth-order valence-electron chi connectivity index (χ4n) is 2.56. The van der Waals surface area contributed by atoms with Crippen molar-refractivity contribution < 1.29 is 19.5 Å². The monoisotopic (exact) mass is 368 g/mol. The van der Waals surface area contributed by atoms with E-state index in [-0.39, 0.29) is 18.2 Å². The number of carboxylic acid groups (broad SMARTS) is 1. The number of rotatable bonds is 9. The maximum Gasteiger partial charge on any atom is 0.322 e. The summed E-state index contributed by atoms with van der Waals surface area (Å²) in [7, 11) is 0. The molecule has 0 heterocycles. The molecule has 0 spiro atoms. The summed E-state index contributed by atoms with van der Waals surface area (Å²) in [6.07, 6.45) is 2.17. The van der Waals surface area contributed by atoms with Gasteiger partial charge in [0.2, 0.25) is 11.8 Å². The Labute approximate surface area is 158 Å². The molecule has 6 heteroatoms. The van der Waals surface area contributed by atoms with E-state index in [1.165, 1.54) is 11.1 Å². The van der Waals surface area contributed by atoms with Crippen molar-refractivity contribution >= 4 is 23.5 Å². The Balaban J connectivity index is 1.73. The van der Waals surface area contributed by atoms with Gasteiger partial charge in [-0.3, -0.25) is 14.4 Å². The first-order valence-electron chi connectivity index (χ1n) is 8.85. The van der Waals surface area contributed by atoms with Crippen LogP contribution in [0.2, 0.25) is 0 Å². The molecule has 0 atom stereocenters. The standard InChI is InChI=1S/C21H24N2O4/c1-15-5-7-16(8-6-15)3-2-4-19(24)23-18-11-9-17(10-12-18)13-20(25)22-14-21(26)27/h5-12H,2-4,13-14H2,1H3,(H,22,25)(H,23,24)(H,26,27). The van der Waals surface area contributed by atoms with Crippen LogP contribution in [-0.4, -0.2) is 29.4 Å². The Morgan fingerprint density at radius 1 is 0.889 bits per heavy atom. The predicted octanol–water partition coefficient (Wildman–Crippen LogP) is 2.70. The van der Waals surface area contributed by atoms with E-state index in [1.807, 2.05) is 6.92 Å². The van der Waals surface area contributed by atoms with Crippen molar-refractivity contribution in [3.05, 3.63) is 65.2 Å². The topological polar surface area (TPSA) is 95.5 Å². The van der Waals surface area contributed by atoms with Gasteiger partial charge in [-0.15, -0.1) is 0 Å². The van der Waals surface area contributed by atoms with E-state index in [0.29, 0.717) is 12.1 Å². The number of carbonyl (C=O) groups is 3. The van der Waals surface area contributed by atoms with Crippen LogP contribution in [0, 0.1) is 6.92 Å². The zero-order valence-electron chi connectivity index (χ0n) is 15.3. The molecule has 0 aliphatic heterocycles. The molecule has 3 N–H and O–H groups in total. The van der Waals surface area contributed by atoms with E-state index in [2.05, 4.69) is 34.9 Å². The maximum absolute atomic E-state index is 12.0. The van der Waals surface area contributed by atoms with Crippen LogP contribution in [0.3, 0.4) is 0 Å². The van der Waals surface area contributed by atoms with Crippen molar-refractivity contribution in [3.63, 3.8) is 0 Å². The third kappa shape index (κ3) is 7.73. The first-order valence-corrected chi connectivity index (χ1v) is 8.85. The highest BCUT2D eigenvalue weighted by Crippen LogP contribution is 2.12. The Morgan fingerprint density at radius 3 is 2.15 bits per heavy atom. The molecule has 0 unspecified atom stereocenters. The summed E-state index contributed by atoms with van der Waals surface area (Å²) in [5.74, 6) is -1.48. The molecule has 0 saturated heterocycles. The Hall–Kier alpha value is -3.15. The maximum atomic E-state index is 12.0. The molecule has 0 bridgehead atoms. The van der Waals surface area contributed by atoms with Crippen LogP contribution in [0.25, 0.3) is 0 Å².